The summed E-state index contributed by atoms with van der Waals surface area (Å²) in [5, 5.41) is 13.9. The van der Waals surface area contributed by atoms with Crippen molar-refractivity contribution in [2.75, 3.05) is 25.2 Å². The fourth-order valence-corrected chi connectivity index (χ4v) is 2.07. The van der Waals surface area contributed by atoms with Crippen molar-refractivity contribution in [3.8, 4) is 5.75 Å². The monoisotopic (exact) mass is 264 g/mol. The first-order valence-corrected chi connectivity index (χ1v) is 5.74. The number of cyclic esters (lactones) is 1. The predicted molar refractivity (Wildman–Crippen MR) is 65.2 cm³/mol. The maximum absolute atomic E-state index is 11.8. The van der Waals surface area contributed by atoms with E-state index in [2.05, 4.69) is 5.16 Å². The quantitative estimate of drug-likeness (QED) is 0.904. The molecule has 0 bridgehead atoms. The van der Waals surface area contributed by atoms with Gasteiger partial charge < -0.3 is 19.1 Å². The van der Waals surface area contributed by atoms with Crippen LogP contribution in [0.2, 0.25) is 0 Å². The molecular weight excluding hydrogens is 252 g/mol. The number of anilines is 1. The molecule has 100 valence electrons. The van der Waals surface area contributed by atoms with E-state index >= 15 is 0 Å². The molecule has 19 heavy (non-hydrogen) atoms. The lowest BCUT2D eigenvalue weighted by Gasteiger charge is -2.08. The molecule has 0 unspecified atom stereocenters. The largest absolute Gasteiger partial charge is 0.508 e. The lowest BCUT2D eigenvalue weighted by atomic mass is 10.2. The number of rotatable bonds is 3. The van der Waals surface area contributed by atoms with Gasteiger partial charge in [-0.2, -0.15) is 0 Å². The van der Waals surface area contributed by atoms with Crippen molar-refractivity contribution in [2.45, 2.75) is 6.10 Å². The average Bonchev–Trinajstić information content (AvgIpc) is 2.93. The number of hydrogen-bond donors (Lipinski definition) is 1. The van der Waals surface area contributed by atoms with E-state index in [4.69, 9.17) is 14.0 Å². The van der Waals surface area contributed by atoms with Crippen molar-refractivity contribution in [1.82, 2.24) is 5.16 Å². The summed E-state index contributed by atoms with van der Waals surface area (Å²) < 4.78 is 15.2. The number of methoxy groups -OCH3 is 1. The molecule has 3 rings (SSSR count). The fourth-order valence-electron chi connectivity index (χ4n) is 2.07. The number of hydrogen-bond acceptors (Lipinski definition) is 6. The summed E-state index contributed by atoms with van der Waals surface area (Å²) in [7, 11) is 1.55. The smallest absolute Gasteiger partial charge is 0.416 e. The molecular formula is C12H12N2O5. The number of carbonyl (C=O) groups is 1. The minimum atomic E-state index is -0.481. The van der Waals surface area contributed by atoms with Crippen molar-refractivity contribution in [3.63, 3.8) is 0 Å². The number of aromatic hydroxyl groups is 1. The Morgan fingerprint density at radius 1 is 1.58 bits per heavy atom. The average molecular weight is 264 g/mol. The highest BCUT2D eigenvalue weighted by Gasteiger charge is 2.35. The second kappa shape index (κ2) is 4.43. The van der Waals surface area contributed by atoms with Gasteiger partial charge in [0.05, 0.1) is 18.5 Å². The van der Waals surface area contributed by atoms with Crippen molar-refractivity contribution < 1.29 is 23.9 Å². The van der Waals surface area contributed by atoms with Gasteiger partial charge in [0.1, 0.15) is 11.9 Å². The van der Waals surface area contributed by atoms with Crippen LogP contribution >= 0.6 is 0 Å². The van der Waals surface area contributed by atoms with Crippen LogP contribution in [0.25, 0.3) is 11.0 Å². The Bertz CT molecular complexity index is 624. The predicted octanol–water partition coefficient (Wildman–Crippen LogP) is 1.50. The molecule has 1 atom stereocenters. The van der Waals surface area contributed by atoms with E-state index in [0.29, 0.717) is 29.9 Å². The van der Waals surface area contributed by atoms with Gasteiger partial charge in [0.2, 0.25) is 0 Å². The van der Waals surface area contributed by atoms with Gasteiger partial charge in [0.15, 0.2) is 11.4 Å². The van der Waals surface area contributed by atoms with Crippen LogP contribution in [0.5, 0.6) is 5.75 Å². The van der Waals surface area contributed by atoms with Gasteiger partial charge in [-0.05, 0) is 12.1 Å². The fraction of sp³-hybridized carbons (Fsp3) is 0.333. The highest BCUT2D eigenvalue weighted by atomic mass is 16.6. The first-order valence-electron chi connectivity index (χ1n) is 5.74. The lowest BCUT2D eigenvalue weighted by Crippen LogP contribution is -2.26. The third-order valence-corrected chi connectivity index (χ3v) is 2.92. The van der Waals surface area contributed by atoms with Crippen molar-refractivity contribution in [2.24, 2.45) is 0 Å². The van der Waals surface area contributed by atoms with Crippen LogP contribution in [0.1, 0.15) is 0 Å². The molecule has 0 radical (unpaired) electrons. The first-order chi connectivity index (χ1) is 9.19. The Morgan fingerprint density at radius 3 is 3.21 bits per heavy atom. The van der Waals surface area contributed by atoms with Gasteiger partial charge in [-0.1, -0.05) is 5.16 Å². The van der Waals surface area contributed by atoms with Crippen LogP contribution in [0.4, 0.5) is 10.6 Å². The number of fused-ring (bicyclic) bond motifs is 1. The Morgan fingerprint density at radius 2 is 2.42 bits per heavy atom. The van der Waals surface area contributed by atoms with Crippen LogP contribution in [0.15, 0.2) is 22.7 Å². The molecule has 1 aromatic carbocycles. The normalized spacial score (nSPS) is 19.1. The van der Waals surface area contributed by atoms with E-state index in [1.54, 1.807) is 13.2 Å². The number of amides is 1. The zero-order valence-corrected chi connectivity index (χ0v) is 10.2. The Labute approximate surface area is 108 Å². The van der Waals surface area contributed by atoms with Crippen LogP contribution in [0.3, 0.4) is 0 Å². The zero-order valence-electron chi connectivity index (χ0n) is 10.2. The second-order valence-electron chi connectivity index (χ2n) is 4.26. The number of aromatic nitrogens is 1. The standard InChI is InChI=1S/C12H12N2O5/c1-17-6-8-5-14(12(16)18-8)11-9-3-2-7(15)4-10(9)19-13-11/h2-4,8,15H,5-6H2,1H3/t8-/m1/s1. The van der Waals surface area contributed by atoms with Gasteiger partial charge in [0.25, 0.3) is 0 Å². The van der Waals surface area contributed by atoms with Crippen molar-refractivity contribution in [3.05, 3.63) is 18.2 Å². The topological polar surface area (TPSA) is 85.0 Å². The Kier molecular flexibility index (Phi) is 2.75. The molecule has 2 aromatic rings. The van der Waals surface area contributed by atoms with Crippen molar-refractivity contribution >= 4 is 22.9 Å². The Balaban J connectivity index is 1.94. The second-order valence-corrected chi connectivity index (χ2v) is 4.26. The molecule has 1 aromatic heterocycles. The minimum absolute atomic E-state index is 0.0801. The zero-order chi connectivity index (χ0) is 13.4. The number of benzene rings is 1. The van der Waals surface area contributed by atoms with E-state index in [1.807, 2.05) is 0 Å². The first kappa shape index (κ1) is 11.8. The third kappa shape index (κ3) is 1.97. The number of carbonyl (C=O) groups excluding carboxylic acids is 1. The molecule has 0 aliphatic carbocycles. The van der Waals surface area contributed by atoms with E-state index in [0.717, 1.165) is 0 Å². The molecule has 7 heteroatoms. The number of ether oxygens (including phenoxy) is 2. The van der Waals surface area contributed by atoms with E-state index < -0.39 is 6.09 Å². The van der Waals surface area contributed by atoms with Gasteiger partial charge in [-0.15, -0.1) is 0 Å². The van der Waals surface area contributed by atoms with E-state index in [-0.39, 0.29) is 11.9 Å². The Hall–Kier alpha value is -2.28. The molecule has 1 amide bonds. The van der Waals surface area contributed by atoms with E-state index in [1.165, 1.54) is 17.0 Å². The lowest BCUT2D eigenvalue weighted by molar-refractivity contribution is 0.0718. The van der Waals surface area contributed by atoms with Crippen LogP contribution in [-0.2, 0) is 9.47 Å². The van der Waals surface area contributed by atoms with E-state index in [9.17, 15) is 9.90 Å². The summed E-state index contributed by atoms with van der Waals surface area (Å²) >= 11 is 0. The molecule has 1 aliphatic rings. The maximum Gasteiger partial charge on any atom is 0.416 e. The SMILES string of the molecule is COC[C@H]1CN(c2noc3cc(O)ccc23)C(=O)O1. The number of phenolic OH excluding ortho intramolecular Hbond substituents is 1. The minimum Gasteiger partial charge on any atom is -0.508 e. The number of phenols is 1. The summed E-state index contributed by atoms with van der Waals surface area (Å²) in [5.74, 6) is 0.468. The summed E-state index contributed by atoms with van der Waals surface area (Å²) in [5.41, 5.74) is 0.415. The number of nitrogens with zero attached hydrogens (tertiary/aromatic N) is 2. The molecule has 1 aliphatic heterocycles. The van der Waals surface area contributed by atoms with Crippen LogP contribution in [0, 0.1) is 0 Å². The van der Waals surface area contributed by atoms with Gasteiger partial charge in [-0.3, -0.25) is 4.90 Å². The highest BCUT2D eigenvalue weighted by molar-refractivity contribution is 5.99. The molecule has 1 fully saturated rings. The van der Waals surface area contributed by atoms with Crippen molar-refractivity contribution in [1.29, 1.82) is 0 Å². The molecule has 1 saturated heterocycles. The van der Waals surface area contributed by atoms with Gasteiger partial charge >= 0.3 is 6.09 Å². The van der Waals surface area contributed by atoms with Crippen LogP contribution < -0.4 is 4.90 Å². The van der Waals surface area contributed by atoms with Gasteiger partial charge in [0, 0.05) is 13.2 Å². The molecule has 0 saturated carbocycles. The molecule has 2 heterocycles. The molecule has 7 nitrogen and oxygen atoms in total. The summed E-state index contributed by atoms with van der Waals surface area (Å²) in [6, 6.07) is 4.60. The summed E-state index contributed by atoms with van der Waals surface area (Å²) in [4.78, 5) is 13.2. The molecule has 1 N–H and O–H groups in total. The highest BCUT2D eigenvalue weighted by Crippen LogP contribution is 2.31. The maximum atomic E-state index is 11.8. The summed E-state index contributed by atoms with van der Waals surface area (Å²) in [6.45, 7) is 0.688. The summed E-state index contributed by atoms with van der Waals surface area (Å²) in [6.07, 6.45) is -0.799. The van der Waals surface area contributed by atoms with Gasteiger partial charge in [-0.25, -0.2) is 4.79 Å². The third-order valence-electron chi connectivity index (χ3n) is 2.92. The van der Waals surface area contributed by atoms with Crippen LogP contribution in [-0.4, -0.2) is 42.7 Å². The molecule has 0 spiro atoms.